The molecular formula is C19H19BrN2O4. The van der Waals surface area contributed by atoms with Crippen molar-refractivity contribution in [2.45, 2.75) is 24.7 Å². The molecule has 1 saturated carbocycles. The Kier molecular flexibility index (Phi) is 5.27. The number of methoxy groups -OCH3 is 1. The third-order valence-electron chi connectivity index (χ3n) is 4.97. The molecule has 1 aliphatic carbocycles. The molecule has 0 aromatic heterocycles. The third-order valence-corrected chi connectivity index (χ3v) is 5.47. The molecule has 1 aliphatic rings. The number of nitrogens with zero attached hydrogens (tertiary/aromatic N) is 1. The lowest BCUT2D eigenvalue weighted by molar-refractivity contribution is -0.385. The van der Waals surface area contributed by atoms with Crippen LogP contribution in [-0.2, 0) is 5.41 Å². The van der Waals surface area contributed by atoms with E-state index in [1.165, 1.54) is 30.9 Å². The minimum absolute atomic E-state index is 0.0716. The SMILES string of the molecule is COc1ccc(C(=O)NCC2(c3cccc(Br)c3)CCC2)cc1[N+](=O)[O-]. The highest BCUT2D eigenvalue weighted by Gasteiger charge is 2.39. The highest BCUT2D eigenvalue weighted by atomic mass is 79.9. The minimum Gasteiger partial charge on any atom is -0.490 e. The summed E-state index contributed by atoms with van der Waals surface area (Å²) in [6, 6.07) is 12.4. The molecule has 0 aliphatic heterocycles. The summed E-state index contributed by atoms with van der Waals surface area (Å²) in [6.45, 7) is 0.502. The quantitative estimate of drug-likeness (QED) is 0.562. The van der Waals surface area contributed by atoms with Gasteiger partial charge in [0, 0.05) is 28.1 Å². The van der Waals surface area contributed by atoms with Crippen molar-refractivity contribution in [3.63, 3.8) is 0 Å². The van der Waals surface area contributed by atoms with E-state index < -0.39 is 4.92 Å². The molecule has 7 heteroatoms. The van der Waals surface area contributed by atoms with Crippen molar-refractivity contribution in [1.29, 1.82) is 0 Å². The first-order valence-corrected chi connectivity index (χ1v) is 9.11. The van der Waals surface area contributed by atoms with E-state index in [0.717, 1.165) is 23.7 Å². The van der Waals surface area contributed by atoms with Crippen molar-refractivity contribution in [3.05, 3.63) is 68.2 Å². The Labute approximate surface area is 159 Å². The van der Waals surface area contributed by atoms with E-state index in [-0.39, 0.29) is 28.3 Å². The first-order valence-electron chi connectivity index (χ1n) is 8.32. The Balaban J connectivity index is 1.76. The molecule has 0 spiro atoms. The maximum absolute atomic E-state index is 12.5. The lowest BCUT2D eigenvalue weighted by atomic mass is 9.64. The van der Waals surface area contributed by atoms with Crippen molar-refractivity contribution in [3.8, 4) is 5.75 Å². The van der Waals surface area contributed by atoms with Crippen LogP contribution in [0.1, 0.15) is 35.2 Å². The molecular weight excluding hydrogens is 400 g/mol. The average Bonchev–Trinajstić information content (AvgIpc) is 2.60. The van der Waals surface area contributed by atoms with Crippen LogP contribution in [0.25, 0.3) is 0 Å². The van der Waals surface area contributed by atoms with E-state index in [1.54, 1.807) is 0 Å². The zero-order valence-corrected chi connectivity index (χ0v) is 15.9. The van der Waals surface area contributed by atoms with Crippen LogP contribution in [0.5, 0.6) is 5.75 Å². The maximum atomic E-state index is 12.5. The van der Waals surface area contributed by atoms with E-state index in [2.05, 4.69) is 33.4 Å². The van der Waals surface area contributed by atoms with Gasteiger partial charge < -0.3 is 10.1 Å². The number of nitro benzene ring substituents is 1. The number of carbonyl (C=O) groups excluding carboxylic acids is 1. The van der Waals surface area contributed by atoms with E-state index in [4.69, 9.17) is 4.74 Å². The van der Waals surface area contributed by atoms with Gasteiger partial charge in [0.05, 0.1) is 12.0 Å². The van der Waals surface area contributed by atoms with E-state index in [0.29, 0.717) is 6.54 Å². The summed E-state index contributed by atoms with van der Waals surface area (Å²) in [5.41, 5.74) is 1.16. The van der Waals surface area contributed by atoms with Crippen LogP contribution < -0.4 is 10.1 Å². The van der Waals surface area contributed by atoms with Crippen LogP contribution in [0.2, 0.25) is 0 Å². The number of carbonyl (C=O) groups is 1. The van der Waals surface area contributed by atoms with Gasteiger partial charge in [-0.05, 0) is 42.7 Å². The van der Waals surface area contributed by atoms with Crippen LogP contribution in [0.15, 0.2) is 46.9 Å². The van der Waals surface area contributed by atoms with E-state index in [9.17, 15) is 14.9 Å². The second kappa shape index (κ2) is 7.45. The van der Waals surface area contributed by atoms with Crippen LogP contribution in [-0.4, -0.2) is 24.5 Å². The van der Waals surface area contributed by atoms with Gasteiger partial charge in [-0.1, -0.05) is 34.5 Å². The lowest BCUT2D eigenvalue weighted by Gasteiger charge is -2.42. The fourth-order valence-electron chi connectivity index (χ4n) is 3.31. The highest BCUT2D eigenvalue weighted by Crippen LogP contribution is 2.43. The Morgan fingerprint density at radius 3 is 2.65 bits per heavy atom. The number of nitro groups is 1. The number of nitrogens with one attached hydrogen (secondary N) is 1. The van der Waals surface area contributed by atoms with Crippen molar-refractivity contribution in [1.82, 2.24) is 5.32 Å². The van der Waals surface area contributed by atoms with Crippen molar-refractivity contribution < 1.29 is 14.5 Å². The fraction of sp³-hybridized carbons (Fsp3) is 0.316. The highest BCUT2D eigenvalue weighted by molar-refractivity contribution is 9.10. The Morgan fingerprint density at radius 1 is 1.31 bits per heavy atom. The molecule has 2 aromatic rings. The fourth-order valence-corrected chi connectivity index (χ4v) is 3.71. The normalized spacial score (nSPS) is 15.0. The predicted octanol–water partition coefficient (Wildman–Crippen LogP) is 4.22. The summed E-state index contributed by atoms with van der Waals surface area (Å²) in [4.78, 5) is 23.1. The minimum atomic E-state index is -0.551. The molecule has 1 amide bonds. The molecule has 3 rings (SSSR count). The molecule has 0 bridgehead atoms. The molecule has 0 radical (unpaired) electrons. The van der Waals surface area contributed by atoms with Crippen molar-refractivity contribution >= 4 is 27.5 Å². The number of hydrogen-bond acceptors (Lipinski definition) is 4. The molecule has 0 saturated heterocycles. The molecule has 0 atom stereocenters. The van der Waals surface area contributed by atoms with Crippen LogP contribution in [0.4, 0.5) is 5.69 Å². The van der Waals surface area contributed by atoms with Gasteiger partial charge >= 0.3 is 5.69 Å². The summed E-state index contributed by atoms with van der Waals surface area (Å²) in [5, 5.41) is 14.1. The van der Waals surface area contributed by atoms with Gasteiger partial charge in [0.25, 0.3) is 5.91 Å². The van der Waals surface area contributed by atoms with Crippen molar-refractivity contribution in [2.24, 2.45) is 0 Å². The summed E-state index contributed by atoms with van der Waals surface area (Å²) >= 11 is 3.50. The van der Waals surface area contributed by atoms with Gasteiger partial charge in [0.1, 0.15) is 0 Å². The largest absolute Gasteiger partial charge is 0.490 e. The lowest BCUT2D eigenvalue weighted by Crippen LogP contribution is -2.45. The van der Waals surface area contributed by atoms with Gasteiger partial charge in [-0.25, -0.2) is 0 Å². The summed E-state index contributed by atoms with van der Waals surface area (Å²) in [6.07, 6.45) is 3.13. The first kappa shape index (κ1) is 18.4. The second-order valence-corrected chi connectivity index (χ2v) is 7.39. The maximum Gasteiger partial charge on any atom is 0.311 e. The zero-order valence-electron chi connectivity index (χ0n) is 14.3. The van der Waals surface area contributed by atoms with Gasteiger partial charge in [-0.3, -0.25) is 14.9 Å². The van der Waals surface area contributed by atoms with E-state index in [1.807, 2.05) is 12.1 Å². The van der Waals surface area contributed by atoms with E-state index >= 15 is 0 Å². The first-order chi connectivity index (χ1) is 12.4. The Bertz CT molecular complexity index is 849. The van der Waals surface area contributed by atoms with Crippen LogP contribution in [0.3, 0.4) is 0 Å². The average molecular weight is 419 g/mol. The Morgan fingerprint density at radius 2 is 2.08 bits per heavy atom. The zero-order chi connectivity index (χ0) is 18.7. The molecule has 0 heterocycles. The molecule has 1 N–H and O–H groups in total. The van der Waals surface area contributed by atoms with Gasteiger partial charge in [-0.2, -0.15) is 0 Å². The smallest absolute Gasteiger partial charge is 0.311 e. The number of ether oxygens (including phenoxy) is 1. The summed E-state index contributed by atoms with van der Waals surface area (Å²) in [7, 11) is 1.36. The molecule has 6 nitrogen and oxygen atoms in total. The number of halogens is 1. The van der Waals surface area contributed by atoms with Crippen molar-refractivity contribution in [2.75, 3.05) is 13.7 Å². The number of amides is 1. The summed E-state index contributed by atoms with van der Waals surface area (Å²) < 4.78 is 5.99. The second-order valence-electron chi connectivity index (χ2n) is 6.47. The predicted molar refractivity (Wildman–Crippen MR) is 102 cm³/mol. The number of rotatable bonds is 6. The topological polar surface area (TPSA) is 81.5 Å². The molecule has 0 unspecified atom stereocenters. The molecule has 26 heavy (non-hydrogen) atoms. The van der Waals surface area contributed by atoms with Crippen LogP contribution >= 0.6 is 15.9 Å². The van der Waals surface area contributed by atoms with Gasteiger partial charge in [0.15, 0.2) is 5.75 Å². The number of benzene rings is 2. The Hall–Kier alpha value is -2.41. The van der Waals surface area contributed by atoms with Gasteiger partial charge in [-0.15, -0.1) is 0 Å². The third kappa shape index (κ3) is 3.58. The monoisotopic (exact) mass is 418 g/mol. The standard InChI is InChI=1S/C19H19BrN2O4/c1-26-17-7-6-13(10-16(17)22(24)25)18(23)21-12-19(8-3-9-19)14-4-2-5-15(20)11-14/h2,4-7,10-11H,3,8-9,12H2,1H3,(H,21,23). The van der Waals surface area contributed by atoms with Crippen LogP contribution in [0, 0.1) is 10.1 Å². The van der Waals surface area contributed by atoms with Gasteiger partial charge in [0.2, 0.25) is 0 Å². The summed E-state index contributed by atoms with van der Waals surface area (Å²) in [5.74, 6) is -0.187. The molecule has 136 valence electrons. The molecule has 2 aromatic carbocycles. The number of hydrogen-bond donors (Lipinski definition) is 1. The molecule has 1 fully saturated rings.